The van der Waals surface area contributed by atoms with Crippen molar-refractivity contribution in [3.8, 4) is 0 Å². The van der Waals surface area contributed by atoms with Crippen LogP contribution in [0, 0.1) is 12.8 Å². The molecule has 0 aliphatic carbocycles. The molecule has 1 aromatic carbocycles. The summed E-state index contributed by atoms with van der Waals surface area (Å²) < 4.78 is 30.2. The first-order valence-corrected chi connectivity index (χ1v) is 9.61. The molecule has 0 saturated carbocycles. The monoisotopic (exact) mass is 385 g/mol. The molecule has 10 heteroatoms. The van der Waals surface area contributed by atoms with Crippen molar-refractivity contribution in [3.63, 3.8) is 0 Å². The highest BCUT2D eigenvalue weighted by atomic mass is 32.2. The molecule has 1 aromatic rings. The number of para-hydroxylation sites is 1. The largest absolute Gasteiger partial charge is 0.451 e. The number of hydrogen-bond donors (Lipinski definition) is 2. The maximum atomic E-state index is 12.3. The molecule has 0 fully saturated rings. The number of rotatable bonds is 7. The van der Waals surface area contributed by atoms with Crippen LogP contribution in [0.2, 0.25) is 0 Å². The van der Waals surface area contributed by atoms with Crippen molar-refractivity contribution in [2.45, 2.75) is 26.9 Å². The first-order chi connectivity index (χ1) is 11.9. The minimum atomic E-state index is -3.77. The first-order valence-electron chi connectivity index (χ1n) is 7.76. The molecular formula is C16H23N3O6S. The van der Waals surface area contributed by atoms with Crippen molar-refractivity contribution in [1.82, 2.24) is 5.32 Å². The Bertz CT molecular complexity index is 791. The van der Waals surface area contributed by atoms with Crippen LogP contribution in [-0.2, 0) is 24.3 Å². The fourth-order valence-corrected chi connectivity index (χ4v) is 3.11. The summed E-state index contributed by atoms with van der Waals surface area (Å²) in [6.07, 6.45) is -0.319. The molecule has 26 heavy (non-hydrogen) atoms. The van der Waals surface area contributed by atoms with E-state index in [-0.39, 0.29) is 0 Å². The molecule has 0 bridgehead atoms. The summed E-state index contributed by atoms with van der Waals surface area (Å²) in [4.78, 5) is 35.0. The van der Waals surface area contributed by atoms with Gasteiger partial charge in [-0.05, 0) is 24.5 Å². The number of nitrogens with two attached hydrogens (primary N) is 1. The molecule has 0 unspecified atom stereocenters. The van der Waals surface area contributed by atoms with Crippen LogP contribution >= 0.6 is 0 Å². The zero-order valence-corrected chi connectivity index (χ0v) is 15.9. The number of amides is 3. The molecule has 0 spiro atoms. The van der Waals surface area contributed by atoms with Crippen LogP contribution in [0.3, 0.4) is 0 Å². The van der Waals surface area contributed by atoms with E-state index in [1.165, 1.54) is 0 Å². The average Bonchev–Trinajstić information content (AvgIpc) is 2.49. The molecule has 0 radical (unpaired) electrons. The smallest absolute Gasteiger partial charge is 0.327 e. The second kappa shape index (κ2) is 8.65. The number of carbonyl (C=O) groups is 3. The Morgan fingerprint density at radius 1 is 1.23 bits per heavy atom. The minimum Gasteiger partial charge on any atom is -0.451 e. The van der Waals surface area contributed by atoms with Gasteiger partial charge in [0, 0.05) is 0 Å². The number of sulfonamides is 1. The number of urea groups is 1. The number of nitrogens with zero attached hydrogens (tertiary/aromatic N) is 1. The van der Waals surface area contributed by atoms with E-state index in [1.807, 2.05) is 5.32 Å². The molecule has 0 aliphatic heterocycles. The Hall–Kier alpha value is -2.62. The Balaban J connectivity index is 3.01. The van der Waals surface area contributed by atoms with Crippen molar-refractivity contribution in [3.05, 3.63) is 29.8 Å². The van der Waals surface area contributed by atoms with E-state index >= 15 is 0 Å². The highest BCUT2D eigenvalue weighted by Gasteiger charge is 2.30. The van der Waals surface area contributed by atoms with Crippen LogP contribution in [0.1, 0.15) is 19.4 Å². The fourth-order valence-electron chi connectivity index (χ4n) is 2.21. The van der Waals surface area contributed by atoms with Crippen LogP contribution in [0.5, 0.6) is 0 Å². The molecule has 0 aromatic heterocycles. The Kier molecular flexibility index (Phi) is 7.13. The topological polar surface area (TPSA) is 136 Å². The third-order valence-electron chi connectivity index (χ3n) is 3.43. The van der Waals surface area contributed by atoms with Crippen molar-refractivity contribution in [2.24, 2.45) is 11.7 Å². The zero-order chi connectivity index (χ0) is 20.1. The van der Waals surface area contributed by atoms with Crippen LogP contribution < -0.4 is 15.4 Å². The molecule has 9 nitrogen and oxygen atoms in total. The standard InChI is InChI=1S/C16H23N3O6S/c1-10(2)14(15(21)18-16(17)22)25-13(20)9-19(26(4,23)24)12-8-6-5-7-11(12)3/h5-8,10,14H,9H2,1-4H3,(H3,17,18,21,22)/t14-/m1/s1. The summed E-state index contributed by atoms with van der Waals surface area (Å²) >= 11 is 0. The van der Waals surface area contributed by atoms with Gasteiger partial charge >= 0.3 is 12.0 Å². The molecule has 1 atom stereocenters. The van der Waals surface area contributed by atoms with Crippen LogP contribution in [-0.4, -0.2) is 45.2 Å². The predicted octanol–water partition coefficient (Wildman–Crippen LogP) is 0.524. The highest BCUT2D eigenvalue weighted by Crippen LogP contribution is 2.22. The number of benzene rings is 1. The molecule has 144 valence electrons. The van der Waals surface area contributed by atoms with E-state index in [4.69, 9.17) is 10.5 Å². The average molecular weight is 385 g/mol. The summed E-state index contributed by atoms with van der Waals surface area (Å²) in [7, 11) is -3.77. The second-order valence-corrected chi connectivity index (χ2v) is 7.97. The number of esters is 1. The summed E-state index contributed by atoms with van der Waals surface area (Å²) in [6, 6.07) is 5.57. The highest BCUT2D eigenvalue weighted by molar-refractivity contribution is 7.92. The van der Waals surface area contributed by atoms with Gasteiger partial charge in [0.1, 0.15) is 6.54 Å². The Morgan fingerprint density at radius 3 is 2.27 bits per heavy atom. The number of hydrogen-bond acceptors (Lipinski definition) is 6. The van der Waals surface area contributed by atoms with Gasteiger partial charge in [-0.25, -0.2) is 13.2 Å². The van der Waals surface area contributed by atoms with Crippen molar-refractivity contribution in [1.29, 1.82) is 0 Å². The van der Waals surface area contributed by atoms with Gasteiger partial charge in [-0.1, -0.05) is 32.0 Å². The normalized spacial score (nSPS) is 12.3. The van der Waals surface area contributed by atoms with Gasteiger partial charge in [0.05, 0.1) is 11.9 Å². The van der Waals surface area contributed by atoms with Crippen LogP contribution in [0.15, 0.2) is 24.3 Å². The van der Waals surface area contributed by atoms with E-state index < -0.39 is 46.5 Å². The summed E-state index contributed by atoms with van der Waals surface area (Å²) in [5.74, 6) is -2.26. The lowest BCUT2D eigenvalue weighted by molar-refractivity contribution is -0.156. The van der Waals surface area contributed by atoms with Crippen molar-refractivity contribution < 1.29 is 27.5 Å². The van der Waals surface area contributed by atoms with Gasteiger partial charge in [0.25, 0.3) is 5.91 Å². The number of nitrogens with one attached hydrogen (secondary N) is 1. The third-order valence-corrected chi connectivity index (χ3v) is 4.55. The summed E-state index contributed by atoms with van der Waals surface area (Å²) in [5, 5.41) is 1.84. The lowest BCUT2D eigenvalue weighted by Gasteiger charge is -2.25. The minimum absolute atomic E-state index is 0.328. The van der Waals surface area contributed by atoms with Gasteiger partial charge < -0.3 is 10.5 Å². The van der Waals surface area contributed by atoms with E-state index in [0.717, 1.165) is 10.6 Å². The number of aryl methyl sites for hydroxylation is 1. The number of primary amides is 1. The number of carbonyl (C=O) groups excluding carboxylic acids is 3. The number of anilines is 1. The quantitative estimate of drug-likeness (QED) is 0.657. The van der Waals surface area contributed by atoms with Gasteiger partial charge in [-0.2, -0.15) is 0 Å². The first kappa shape index (κ1) is 21.4. The van der Waals surface area contributed by atoms with Crippen molar-refractivity contribution >= 4 is 33.6 Å². The van der Waals surface area contributed by atoms with E-state index in [0.29, 0.717) is 11.3 Å². The second-order valence-electron chi connectivity index (χ2n) is 6.06. The number of ether oxygens (including phenoxy) is 1. The van der Waals surface area contributed by atoms with Crippen LogP contribution in [0.25, 0.3) is 0 Å². The lowest BCUT2D eigenvalue weighted by Crippen LogP contribution is -2.47. The zero-order valence-electron chi connectivity index (χ0n) is 15.1. The van der Waals surface area contributed by atoms with E-state index in [1.54, 1.807) is 45.0 Å². The predicted molar refractivity (Wildman–Crippen MR) is 95.8 cm³/mol. The van der Waals surface area contributed by atoms with Gasteiger partial charge in [0.15, 0.2) is 6.10 Å². The SMILES string of the molecule is Cc1ccccc1N(CC(=O)O[C@@H](C(=O)NC(N)=O)C(C)C)S(C)(=O)=O. The number of imide groups is 1. The molecule has 0 saturated heterocycles. The Labute approximate surface area is 152 Å². The van der Waals surface area contributed by atoms with E-state index in [9.17, 15) is 22.8 Å². The Morgan fingerprint density at radius 2 is 1.81 bits per heavy atom. The third kappa shape index (κ3) is 6.03. The maximum Gasteiger partial charge on any atom is 0.327 e. The fraction of sp³-hybridized carbons (Fsp3) is 0.438. The lowest BCUT2D eigenvalue weighted by atomic mass is 10.1. The molecule has 3 amide bonds. The van der Waals surface area contributed by atoms with Gasteiger partial charge in [0.2, 0.25) is 10.0 Å². The summed E-state index contributed by atoms with van der Waals surface area (Å²) in [6.45, 7) is 4.30. The van der Waals surface area contributed by atoms with Crippen LogP contribution in [0.4, 0.5) is 10.5 Å². The molecular weight excluding hydrogens is 362 g/mol. The summed E-state index contributed by atoms with van der Waals surface area (Å²) in [5.41, 5.74) is 5.87. The van der Waals surface area contributed by atoms with Crippen molar-refractivity contribution in [2.75, 3.05) is 17.1 Å². The molecule has 0 aliphatic rings. The molecule has 3 N–H and O–H groups in total. The van der Waals surface area contributed by atoms with Gasteiger partial charge in [-0.15, -0.1) is 0 Å². The van der Waals surface area contributed by atoms with Gasteiger partial charge in [-0.3, -0.25) is 19.2 Å². The molecule has 1 rings (SSSR count). The van der Waals surface area contributed by atoms with E-state index in [2.05, 4.69) is 0 Å². The maximum absolute atomic E-state index is 12.3. The molecule has 0 heterocycles.